The minimum absolute atomic E-state index is 0.00205. The molecule has 0 saturated heterocycles. The fourth-order valence-corrected chi connectivity index (χ4v) is 2.67. The van der Waals surface area contributed by atoms with Gasteiger partial charge in [0.05, 0.1) is 11.5 Å². The number of nitro groups is 1. The number of nitro benzene ring substituents is 1. The lowest BCUT2D eigenvalue weighted by Crippen LogP contribution is -2.22. The van der Waals surface area contributed by atoms with Gasteiger partial charge in [-0.05, 0) is 59.1 Å². The Kier molecular flexibility index (Phi) is 5.33. The van der Waals surface area contributed by atoms with Crippen LogP contribution in [-0.2, 0) is 4.79 Å². The van der Waals surface area contributed by atoms with Gasteiger partial charge in [-0.15, -0.1) is 0 Å². The molecule has 0 aliphatic rings. The molecule has 2 rings (SSSR count). The number of carbonyl (C=O) groups excluding carboxylic acids is 1. The Morgan fingerprint density at radius 3 is 2.48 bits per heavy atom. The Balaban J connectivity index is 1.98. The van der Waals surface area contributed by atoms with Crippen LogP contribution < -0.4 is 10.6 Å². The van der Waals surface area contributed by atoms with Gasteiger partial charge in [0.15, 0.2) is 0 Å². The van der Waals surface area contributed by atoms with Gasteiger partial charge in [0, 0.05) is 28.0 Å². The average molecular weight is 378 g/mol. The minimum Gasteiger partial charge on any atom is -0.375 e. The second-order valence-corrected chi connectivity index (χ2v) is 6.00. The molecule has 0 aliphatic heterocycles. The van der Waals surface area contributed by atoms with Gasteiger partial charge in [0.1, 0.15) is 0 Å². The predicted octanol–water partition coefficient (Wildman–Crippen LogP) is 4.02. The molecule has 0 aliphatic carbocycles. The third-order valence-electron chi connectivity index (χ3n) is 3.26. The summed E-state index contributed by atoms with van der Waals surface area (Å²) in [5.41, 5.74) is 3.15. The number of non-ortho nitro benzene ring substituents is 1. The van der Waals surface area contributed by atoms with E-state index in [2.05, 4.69) is 26.6 Å². The molecule has 23 heavy (non-hydrogen) atoms. The molecule has 2 aromatic carbocycles. The fraction of sp³-hybridized carbons (Fsp3) is 0.188. The molecule has 0 unspecified atom stereocenters. The van der Waals surface area contributed by atoms with E-state index in [0.717, 1.165) is 15.7 Å². The smallest absolute Gasteiger partial charge is 0.269 e. The molecule has 0 fully saturated rings. The quantitative estimate of drug-likeness (QED) is 0.608. The van der Waals surface area contributed by atoms with Crippen LogP contribution in [0.1, 0.15) is 11.1 Å². The van der Waals surface area contributed by atoms with Crippen molar-refractivity contribution >= 4 is 38.9 Å². The summed E-state index contributed by atoms with van der Waals surface area (Å²) in [6.45, 7) is 3.79. The highest BCUT2D eigenvalue weighted by atomic mass is 79.9. The predicted molar refractivity (Wildman–Crippen MR) is 93.8 cm³/mol. The molecule has 120 valence electrons. The number of carbonyl (C=O) groups is 1. The summed E-state index contributed by atoms with van der Waals surface area (Å²) in [7, 11) is 0. The molecule has 6 nitrogen and oxygen atoms in total. The molecule has 0 bridgehead atoms. The van der Waals surface area contributed by atoms with Crippen LogP contribution >= 0.6 is 15.9 Å². The topological polar surface area (TPSA) is 84.3 Å². The van der Waals surface area contributed by atoms with E-state index in [1.54, 1.807) is 6.92 Å². The maximum atomic E-state index is 12.0. The third kappa shape index (κ3) is 4.53. The van der Waals surface area contributed by atoms with Gasteiger partial charge >= 0.3 is 0 Å². The minimum atomic E-state index is -0.463. The lowest BCUT2D eigenvalue weighted by atomic mass is 10.2. The molecule has 0 saturated carbocycles. The molecule has 7 heteroatoms. The van der Waals surface area contributed by atoms with Gasteiger partial charge in [-0.3, -0.25) is 14.9 Å². The van der Waals surface area contributed by atoms with E-state index in [0.29, 0.717) is 11.3 Å². The number of nitrogens with one attached hydrogen (secondary N) is 2. The molecule has 0 aromatic heterocycles. The lowest BCUT2D eigenvalue weighted by Gasteiger charge is -2.11. The zero-order valence-corrected chi connectivity index (χ0v) is 14.3. The summed E-state index contributed by atoms with van der Waals surface area (Å²) in [6, 6.07) is 10.1. The molecule has 1 amide bonds. The summed E-state index contributed by atoms with van der Waals surface area (Å²) in [4.78, 5) is 22.3. The summed E-state index contributed by atoms with van der Waals surface area (Å²) in [5.74, 6) is -0.227. The highest BCUT2D eigenvalue weighted by Crippen LogP contribution is 2.23. The van der Waals surface area contributed by atoms with Crippen molar-refractivity contribution < 1.29 is 9.72 Å². The normalized spacial score (nSPS) is 10.2. The maximum Gasteiger partial charge on any atom is 0.269 e. The van der Waals surface area contributed by atoms with Gasteiger partial charge in [0.25, 0.3) is 5.69 Å². The van der Waals surface area contributed by atoms with Gasteiger partial charge in [0.2, 0.25) is 5.91 Å². The zero-order chi connectivity index (χ0) is 17.0. The first-order chi connectivity index (χ1) is 10.9. The van der Waals surface area contributed by atoms with Crippen LogP contribution in [0, 0.1) is 24.0 Å². The van der Waals surface area contributed by atoms with Gasteiger partial charge in [-0.2, -0.15) is 0 Å². The van der Waals surface area contributed by atoms with E-state index < -0.39 is 4.92 Å². The number of halogens is 1. The summed E-state index contributed by atoms with van der Waals surface area (Å²) < 4.78 is 0.886. The highest BCUT2D eigenvalue weighted by molar-refractivity contribution is 9.10. The van der Waals surface area contributed by atoms with E-state index in [1.807, 2.05) is 25.1 Å². The number of nitrogens with zero attached hydrogens (tertiary/aromatic N) is 1. The van der Waals surface area contributed by atoms with Crippen LogP contribution in [0.3, 0.4) is 0 Å². The average Bonchev–Trinajstić information content (AvgIpc) is 2.48. The first-order valence-corrected chi connectivity index (χ1v) is 7.71. The molecular weight excluding hydrogens is 362 g/mol. The van der Waals surface area contributed by atoms with Crippen molar-refractivity contribution in [1.29, 1.82) is 0 Å². The number of amides is 1. The zero-order valence-electron chi connectivity index (χ0n) is 12.7. The first kappa shape index (κ1) is 17.0. The number of benzene rings is 2. The van der Waals surface area contributed by atoms with E-state index >= 15 is 0 Å². The Hall–Kier alpha value is -2.41. The molecule has 2 N–H and O–H groups in total. The number of rotatable bonds is 5. The van der Waals surface area contributed by atoms with Gasteiger partial charge < -0.3 is 10.6 Å². The second-order valence-electron chi connectivity index (χ2n) is 5.14. The van der Waals surface area contributed by atoms with E-state index in [4.69, 9.17) is 0 Å². The van der Waals surface area contributed by atoms with Crippen LogP contribution in [-0.4, -0.2) is 17.4 Å². The van der Waals surface area contributed by atoms with Crippen LogP contribution in [0.4, 0.5) is 17.1 Å². The molecule has 0 heterocycles. The van der Waals surface area contributed by atoms with E-state index in [-0.39, 0.29) is 18.1 Å². The van der Waals surface area contributed by atoms with Crippen molar-refractivity contribution in [1.82, 2.24) is 0 Å². The van der Waals surface area contributed by atoms with Gasteiger partial charge in [-0.1, -0.05) is 6.07 Å². The highest BCUT2D eigenvalue weighted by Gasteiger charge is 2.10. The largest absolute Gasteiger partial charge is 0.375 e. The van der Waals surface area contributed by atoms with Crippen LogP contribution in [0.15, 0.2) is 40.9 Å². The monoisotopic (exact) mass is 377 g/mol. The molecule has 2 aromatic rings. The molecular formula is C16H16BrN3O3. The maximum absolute atomic E-state index is 12.0. The van der Waals surface area contributed by atoms with Crippen molar-refractivity contribution in [3.8, 4) is 0 Å². The van der Waals surface area contributed by atoms with Crippen molar-refractivity contribution in [2.45, 2.75) is 13.8 Å². The Morgan fingerprint density at radius 2 is 1.87 bits per heavy atom. The van der Waals surface area contributed by atoms with Crippen LogP contribution in [0.25, 0.3) is 0 Å². The summed E-state index contributed by atoms with van der Waals surface area (Å²) in [6.07, 6.45) is 0. The Bertz CT molecular complexity index is 762. The number of aryl methyl sites for hydroxylation is 2. The van der Waals surface area contributed by atoms with E-state index in [9.17, 15) is 14.9 Å². The third-order valence-corrected chi connectivity index (χ3v) is 3.91. The number of hydrogen-bond donors (Lipinski definition) is 2. The van der Waals surface area contributed by atoms with Crippen molar-refractivity contribution in [3.05, 3.63) is 62.1 Å². The van der Waals surface area contributed by atoms with Crippen molar-refractivity contribution in [2.75, 3.05) is 17.2 Å². The standard InChI is InChI=1S/C16H16BrN3O3/c1-10-3-5-15(13(17)7-10)18-9-16(21)19-14-6-4-12(20(22)23)8-11(14)2/h3-8,18H,9H2,1-2H3,(H,19,21). The second kappa shape index (κ2) is 7.23. The van der Waals surface area contributed by atoms with Crippen molar-refractivity contribution in [3.63, 3.8) is 0 Å². The molecule has 0 atom stereocenters. The molecule has 0 spiro atoms. The van der Waals surface area contributed by atoms with Crippen LogP contribution in [0.5, 0.6) is 0 Å². The van der Waals surface area contributed by atoms with Crippen molar-refractivity contribution in [2.24, 2.45) is 0 Å². The molecule has 0 radical (unpaired) electrons. The summed E-state index contributed by atoms with van der Waals surface area (Å²) in [5, 5.41) is 16.5. The first-order valence-electron chi connectivity index (χ1n) is 6.92. The van der Waals surface area contributed by atoms with E-state index in [1.165, 1.54) is 18.2 Å². The lowest BCUT2D eigenvalue weighted by molar-refractivity contribution is -0.384. The number of anilines is 2. The number of hydrogen-bond acceptors (Lipinski definition) is 4. The SMILES string of the molecule is Cc1ccc(NCC(=O)Nc2ccc([N+](=O)[O-])cc2C)c(Br)c1. The Labute approximate surface area is 142 Å². The van der Waals surface area contributed by atoms with Crippen LogP contribution in [0.2, 0.25) is 0 Å². The fourth-order valence-electron chi connectivity index (χ4n) is 2.04. The van der Waals surface area contributed by atoms with Gasteiger partial charge in [-0.25, -0.2) is 0 Å². The Morgan fingerprint density at radius 1 is 1.17 bits per heavy atom. The summed E-state index contributed by atoms with van der Waals surface area (Å²) >= 11 is 3.44.